The van der Waals surface area contributed by atoms with Crippen LogP contribution in [0.5, 0.6) is 0 Å². The van der Waals surface area contributed by atoms with Crippen LogP contribution < -0.4 is 0 Å². The van der Waals surface area contributed by atoms with Crippen molar-refractivity contribution >= 4 is 5.97 Å². The topological polar surface area (TPSA) is 81.8 Å². The maximum atomic E-state index is 10.6. The second kappa shape index (κ2) is 5.79. The molecule has 0 radical (unpaired) electrons. The molecule has 2 heterocycles. The van der Waals surface area contributed by atoms with Crippen LogP contribution in [0.4, 0.5) is 0 Å². The van der Waals surface area contributed by atoms with Gasteiger partial charge in [-0.15, -0.1) is 0 Å². The normalized spacial score (nSPS) is 17.2. The Morgan fingerprint density at radius 3 is 2.94 bits per heavy atom. The Labute approximate surface area is 98.5 Å². The zero-order valence-corrected chi connectivity index (χ0v) is 9.42. The minimum atomic E-state index is -1.09. The van der Waals surface area contributed by atoms with E-state index < -0.39 is 5.97 Å². The Bertz CT molecular complexity index is 370. The van der Waals surface area contributed by atoms with E-state index in [1.807, 2.05) is 0 Å². The number of carbonyl (C=O) groups is 1. The highest BCUT2D eigenvalue weighted by Crippen LogP contribution is 2.15. The van der Waals surface area contributed by atoms with Crippen LogP contribution in [0.1, 0.15) is 29.1 Å². The molecule has 1 aromatic heterocycles. The van der Waals surface area contributed by atoms with Crippen molar-refractivity contribution in [1.82, 2.24) is 5.16 Å². The smallest absolute Gasteiger partial charge is 0.358 e. The number of aromatic carboxylic acids is 1. The van der Waals surface area contributed by atoms with Crippen LogP contribution in [0.2, 0.25) is 0 Å². The van der Waals surface area contributed by atoms with Crippen molar-refractivity contribution in [3.63, 3.8) is 0 Å². The van der Waals surface area contributed by atoms with E-state index in [1.54, 1.807) is 0 Å². The predicted molar refractivity (Wildman–Crippen MR) is 56.7 cm³/mol. The molecule has 0 bridgehead atoms. The van der Waals surface area contributed by atoms with Crippen molar-refractivity contribution in [1.29, 1.82) is 0 Å². The summed E-state index contributed by atoms with van der Waals surface area (Å²) >= 11 is 0. The van der Waals surface area contributed by atoms with Crippen LogP contribution in [0.3, 0.4) is 0 Å². The fourth-order valence-electron chi connectivity index (χ4n) is 1.72. The molecule has 0 amide bonds. The van der Waals surface area contributed by atoms with E-state index >= 15 is 0 Å². The van der Waals surface area contributed by atoms with E-state index in [4.69, 9.17) is 19.1 Å². The van der Waals surface area contributed by atoms with E-state index in [-0.39, 0.29) is 12.3 Å². The van der Waals surface area contributed by atoms with Crippen molar-refractivity contribution in [3.05, 3.63) is 17.5 Å². The largest absolute Gasteiger partial charge is 0.476 e. The molecule has 0 spiro atoms. The van der Waals surface area contributed by atoms with Gasteiger partial charge in [-0.2, -0.15) is 0 Å². The Morgan fingerprint density at radius 1 is 1.53 bits per heavy atom. The lowest BCUT2D eigenvalue weighted by Crippen LogP contribution is -2.20. The highest BCUT2D eigenvalue weighted by Gasteiger charge is 2.15. The number of ether oxygens (including phenoxy) is 2. The Morgan fingerprint density at radius 2 is 2.29 bits per heavy atom. The minimum Gasteiger partial charge on any atom is -0.476 e. The van der Waals surface area contributed by atoms with Gasteiger partial charge in [0.1, 0.15) is 6.61 Å². The molecule has 1 aliphatic rings. The fourth-order valence-corrected chi connectivity index (χ4v) is 1.72. The second-order valence-corrected chi connectivity index (χ2v) is 4.05. The van der Waals surface area contributed by atoms with Gasteiger partial charge in [-0.1, -0.05) is 5.16 Å². The van der Waals surface area contributed by atoms with E-state index in [2.05, 4.69) is 5.16 Å². The molecule has 1 saturated heterocycles. The number of aromatic nitrogens is 1. The molecule has 0 aromatic carbocycles. The molecule has 0 unspecified atom stereocenters. The van der Waals surface area contributed by atoms with Gasteiger partial charge in [0.15, 0.2) is 11.5 Å². The van der Waals surface area contributed by atoms with Crippen LogP contribution in [-0.2, 0) is 16.1 Å². The van der Waals surface area contributed by atoms with Crippen molar-refractivity contribution in [2.75, 3.05) is 19.8 Å². The zero-order valence-electron chi connectivity index (χ0n) is 9.42. The molecule has 1 N–H and O–H groups in total. The third-order valence-corrected chi connectivity index (χ3v) is 2.72. The van der Waals surface area contributed by atoms with Crippen molar-refractivity contribution in [2.24, 2.45) is 5.92 Å². The van der Waals surface area contributed by atoms with E-state index in [0.29, 0.717) is 18.3 Å². The molecule has 0 aliphatic carbocycles. The summed E-state index contributed by atoms with van der Waals surface area (Å²) in [5, 5.41) is 12.1. The molecule has 1 aromatic rings. The maximum absolute atomic E-state index is 10.6. The molecule has 17 heavy (non-hydrogen) atoms. The van der Waals surface area contributed by atoms with Crippen molar-refractivity contribution in [2.45, 2.75) is 19.4 Å². The molecule has 0 atom stereocenters. The fraction of sp³-hybridized carbons (Fsp3) is 0.636. The summed E-state index contributed by atoms with van der Waals surface area (Å²) in [5.74, 6) is -0.135. The molecule has 1 fully saturated rings. The summed E-state index contributed by atoms with van der Waals surface area (Å²) in [6.07, 6.45) is 2.02. The van der Waals surface area contributed by atoms with Gasteiger partial charge in [0.05, 0.1) is 6.61 Å². The lowest BCUT2D eigenvalue weighted by atomic mass is 10.0. The summed E-state index contributed by atoms with van der Waals surface area (Å²) in [6, 6.07) is 1.38. The minimum absolute atomic E-state index is 0.0883. The summed E-state index contributed by atoms with van der Waals surface area (Å²) in [5.41, 5.74) is -0.0883. The molecule has 6 heteroatoms. The summed E-state index contributed by atoms with van der Waals surface area (Å²) in [7, 11) is 0. The molecular weight excluding hydrogens is 226 g/mol. The summed E-state index contributed by atoms with van der Waals surface area (Å²) in [6.45, 7) is 2.49. The number of carboxylic acid groups (broad SMARTS) is 1. The Balaban J connectivity index is 1.71. The molecule has 6 nitrogen and oxygen atoms in total. The number of carboxylic acids is 1. The van der Waals surface area contributed by atoms with Crippen LogP contribution in [-0.4, -0.2) is 36.1 Å². The van der Waals surface area contributed by atoms with Gasteiger partial charge in [0, 0.05) is 19.3 Å². The lowest BCUT2D eigenvalue weighted by Gasteiger charge is -2.21. The molecule has 94 valence electrons. The molecule has 1 aliphatic heterocycles. The molecule has 2 rings (SSSR count). The number of rotatable bonds is 5. The molecular formula is C11H15NO5. The maximum Gasteiger partial charge on any atom is 0.358 e. The average Bonchev–Trinajstić information content (AvgIpc) is 2.79. The predicted octanol–water partition coefficient (Wildman–Crippen LogP) is 1.32. The van der Waals surface area contributed by atoms with Crippen LogP contribution in [0, 0.1) is 5.92 Å². The second-order valence-electron chi connectivity index (χ2n) is 4.05. The van der Waals surface area contributed by atoms with Gasteiger partial charge in [-0.25, -0.2) is 4.79 Å². The zero-order chi connectivity index (χ0) is 12.1. The van der Waals surface area contributed by atoms with Gasteiger partial charge in [0.2, 0.25) is 0 Å². The van der Waals surface area contributed by atoms with Gasteiger partial charge in [-0.05, 0) is 18.8 Å². The highest BCUT2D eigenvalue weighted by atomic mass is 16.5. The standard InChI is InChI=1S/C11H15NO5/c13-11(14)10-5-9(17-12-10)7-16-6-8-1-3-15-4-2-8/h5,8H,1-4,6-7H2,(H,13,14). The van der Waals surface area contributed by atoms with Gasteiger partial charge in [0.25, 0.3) is 0 Å². The van der Waals surface area contributed by atoms with E-state index in [1.165, 1.54) is 6.07 Å². The first-order chi connectivity index (χ1) is 8.25. The SMILES string of the molecule is O=C(O)c1cc(COCC2CCOCC2)on1. The lowest BCUT2D eigenvalue weighted by molar-refractivity contribution is 0.0109. The third-order valence-electron chi connectivity index (χ3n) is 2.72. The Kier molecular flexibility index (Phi) is 4.11. The highest BCUT2D eigenvalue weighted by molar-refractivity contribution is 5.85. The first-order valence-corrected chi connectivity index (χ1v) is 5.60. The first kappa shape index (κ1) is 12.1. The van der Waals surface area contributed by atoms with E-state index in [0.717, 1.165) is 26.1 Å². The quantitative estimate of drug-likeness (QED) is 0.837. The first-order valence-electron chi connectivity index (χ1n) is 5.60. The number of hydrogen-bond acceptors (Lipinski definition) is 5. The third kappa shape index (κ3) is 3.54. The molecule has 0 saturated carbocycles. The van der Waals surface area contributed by atoms with Gasteiger partial charge >= 0.3 is 5.97 Å². The van der Waals surface area contributed by atoms with Crippen LogP contribution in [0.25, 0.3) is 0 Å². The van der Waals surface area contributed by atoms with Gasteiger partial charge in [-0.3, -0.25) is 0 Å². The summed E-state index contributed by atoms with van der Waals surface area (Å²) < 4.78 is 15.5. The monoisotopic (exact) mass is 241 g/mol. The summed E-state index contributed by atoms with van der Waals surface area (Å²) in [4.78, 5) is 10.6. The number of nitrogens with zero attached hydrogens (tertiary/aromatic N) is 1. The average molecular weight is 241 g/mol. The Hall–Kier alpha value is -1.40. The van der Waals surface area contributed by atoms with Crippen molar-refractivity contribution < 1.29 is 23.9 Å². The van der Waals surface area contributed by atoms with Crippen molar-refractivity contribution in [3.8, 4) is 0 Å². The van der Waals surface area contributed by atoms with Crippen LogP contribution in [0.15, 0.2) is 10.6 Å². The van der Waals surface area contributed by atoms with E-state index in [9.17, 15) is 4.79 Å². The number of hydrogen-bond donors (Lipinski definition) is 1. The van der Waals surface area contributed by atoms with Gasteiger partial charge < -0.3 is 19.1 Å². The van der Waals surface area contributed by atoms with Crippen LogP contribution >= 0.6 is 0 Å².